The van der Waals surface area contributed by atoms with Gasteiger partial charge in [-0.15, -0.1) is 10.2 Å². The van der Waals surface area contributed by atoms with Gasteiger partial charge >= 0.3 is 5.97 Å². The van der Waals surface area contributed by atoms with Crippen LogP contribution in [0.15, 0.2) is 52.9 Å². The van der Waals surface area contributed by atoms with Gasteiger partial charge in [0.2, 0.25) is 5.91 Å². The number of hydrogen-bond donors (Lipinski definition) is 3. The van der Waals surface area contributed by atoms with E-state index in [1.54, 1.807) is 23.1 Å². The zero-order valence-electron chi connectivity index (χ0n) is 20.3. The fourth-order valence-corrected chi connectivity index (χ4v) is 5.69. The van der Waals surface area contributed by atoms with Crippen molar-refractivity contribution >= 4 is 35.0 Å². The largest absolute Gasteiger partial charge is 0.481 e. The second-order valence-corrected chi connectivity index (χ2v) is 11.1. The number of carbonyl (C=O) groups is 2. The number of carboxylic acids is 1. The Labute approximate surface area is 223 Å². The number of benzene rings is 2. The topological polar surface area (TPSA) is 131 Å². The molecule has 196 valence electrons. The summed E-state index contributed by atoms with van der Waals surface area (Å²) in [5, 5.41) is 30.0. The molecule has 2 heterocycles. The molecule has 3 aromatic rings. The molecule has 37 heavy (non-hydrogen) atoms. The minimum Gasteiger partial charge on any atom is -0.481 e. The lowest BCUT2D eigenvalue weighted by Gasteiger charge is -2.36. The van der Waals surface area contributed by atoms with Crippen LogP contribution >= 0.6 is 23.1 Å². The highest BCUT2D eigenvalue weighted by Crippen LogP contribution is 2.39. The van der Waals surface area contributed by atoms with Gasteiger partial charge in [0.25, 0.3) is 0 Å². The van der Waals surface area contributed by atoms with Crippen LogP contribution in [0.1, 0.15) is 58.9 Å². The van der Waals surface area contributed by atoms with E-state index in [1.165, 1.54) is 0 Å². The summed E-state index contributed by atoms with van der Waals surface area (Å²) in [5.41, 5.74) is 3.61. The molecule has 1 aliphatic heterocycles. The smallest absolute Gasteiger partial charge is 0.303 e. The molecule has 0 saturated carbocycles. The first-order chi connectivity index (χ1) is 17.9. The monoisotopic (exact) mass is 543 g/mol. The van der Waals surface area contributed by atoms with Crippen LogP contribution < -0.4 is 5.32 Å². The average Bonchev–Trinajstić information content (AvgIpc) is 3.34. The van der Waals surface area contributed by atoms with Gasteiger partial charge in [-0.3, -0.25) is 9.59 Å². The predicted octanol–water partition coefficient (Wildman–Crippen LogP) is 4.16. The fraction of sp³-hybridized carbons (Fsp3) is 0.385. The van der Waals surface area contributed by atoms with Gasteiger partial charge in [0.05, 0.1) is 25.2 Å². The zero-order valence-corrected chi connectivity index (χ0v) is 22.0. The summed E-state index contributed by atoms with van der Waals surface area (Å²) in [4.78, 5) is 22.4. The maximum absolute atomic E-state index is 11.8. The number of aryl methyl sites for hydroxylation is 1. The van der Waals surface area contributed by atoms with Gasteiger partial charge in [-0.2, -0.15) is 0 Å². The second-order valence-electron chi connectivity index (χ2n) is 8.66. The average molecular weight is 544 g/mol. The summed E-state index contributed by atoms with van der Waals surface area (Å²) >= 11 is 3.18. The second kappa shape index (κ2) is 13.1. The number of aliphatic carboxylic acids is 1. The maximum Gasteiger partial charge on any atom is 0.303 e. The molecule has 3 atom stereocenters. The Morgan fingerprint density at radius 3 is 2.38 bits per heavy atom. The lowest BCUT2D eigenvalue weighted by molar-refractivity contribution is -0.245. The minimum atomic E-state index is -0.996. The number of aromatic nitrogens is 2. The molecule has 0 unspecified atom stereocenters. The third-order valence-corrected chi connectivity index (χ3v) is 7.93. The summed E-state index contributed by atoms with van der Waals surface area (Å²) in [6, 6.07) is 15.4. The number of ether oxygens (including phenoxy) is 2. The van der Waals surface area contributed by atoms with Crippen LogP contribution in [0.2, 0.25) is 0 Å². The Hall–Kier alpha value is -2.83. The van der Waals surface area contributed by atoms with Crippen molar-refractivity contribution < 1.29 is 29.3 Å². The van der Waals surface area contributed by atoms with Gasteiger partial charge in [-0.05, 0) is 23.6 Å². The van der Waals surface area contributed by atoms with E-state index in [4.69, 9.17) is 14.6 Å². The number of carboxylic acid groups (broad SMARTS) is 1. The van der Waals surface area contributed by atoms with Crippen LogP contribution in [-0.2, 0) is 32.2 Å². The predicted molar refractivity (Wildman–Crippen MR) is 139 cm³/mol. The number of thioether (sulfide) groups is 1. The molecule has 0 radical (unpaired) electrons. The lowest BCUT2D eigenvalue weighted by atomic mass is 10.0. The Morgan fingerprint density at radius 1 is 1.03 bits per heavy atom. The molecule has 11 heteroatoms. The number of carbonyl (C=O) groups excluding carboxylic acids is 1. The summed E-state index contributed by atoms with van der Waals surface area (Å²) in [7, 11) is 0. The van der Waals surface area contributed by atoms with Crippen molar-refractivity contribution in [3.63, 3.8) is 0 Å². The van der Waals surface area contributed by atoms with Crippen molar-refractivity contribution in [2.24, 2.45) is 0 Å². The number of hydrogen-bond acceptors (Lipinski definition) is 9. The van der Waals surface area contributed by atoms with E-state index in [1.807, 2.05) is 55.5 Å². The van der Waals surface area contributed by atoms with Gasteiger partial charge in [0.15, 0.2) is 10.6 Å². The molecular formula is C26H29N3O6S2. The lowest BCUT2D eigenvalue weighted by Crippen LogP contribution is -2.31. The SMILES string of the molecule is Cc1nnc(SC[C@@H]2C[C@H](c3ccc(CO)cc3)O[C@H](c3ccc(CNC(=O)CCC(=O)O)cc3)O2)s1. The van der Waals surface area contributed by atoms with E-state index in [0.29, 0.717) is 18.7 Å². The van der Waals surface area contributed by atoms with E-state index in [-0.39, 0.29) is 37.6 Å². The number of nitrogens with zero attached hydrogens (tertiary/aromatic N) is 2. The summed E-state index contributed by atoms with van der Waals surface area (Å²) in [6.07, 6.45) is -0.389. The van der Waals surface area contributed by atoms with Gasteiger partial charge in [-0.1, -0.05) is 71.6 Å². The molecule has 4 rings (SSSR count). The van der Waals surface area contributed by atoms with Crippen LogP contribution in [0.4, 0.5) is 0 Å². The Balaban J connectivity index is 1.42. The number of amides is 1. The normalized spacial score (nSPS) is 19.5. The molecule has 9 nitrogen and oxygen atoms in total. The van der Waals surface area contributed by atoms with Crippen LogP contribution in [0, 0.1) is 6.92 Å². The van der Waals surface area contributed by atoms with Gasteiger partial charge in [0, 0.05) is 30.7 Å². The minimum absolute atomic E-state index is 0.00949. The highest BCUT2D eigenvalue weighted by atomic mass is 32.2. The molecule has 0 spiro atoms. The third kappa shape index (κ3) is 8.08. The quantitative estimate of drug-likeness (QED) is 0.305. The standard InChI is InChI=1S/C26H29N3O6S2/c1-16-28-29-26(37-16)36-15-21-12-22(19-6-4-18(14-30)5-7-19)35-25(34-21)20-8-2-17(3-9-20)13-27-23(31)10-11-24(32)33/h2-9,21-22,25,30H,10-15H2,1H3,(H,27,31)(H,32,33)/t21-,22+,25+/m0/s1. The van der Waals surface area contributed by atoms with Crippen LogP contribution in [0.5, 0.6) is 0 Å². The number of nitrogens with one attached hydrogen (secondary N) is 1. The van der Waals surface area contributed by atoms with E-state index in [2.05, 4.69) is 15.5 Å². The van der Waals surface area contributed by atoms with Gasteiger partial charge in [-0.25, -0.2) is 0 Å². The van der Waals surface area contributed by atoms with Crippen LogP contribution in [0.3, 0.4) is 0 Å². The highest BCUT2D eigenvalue weighted by Gasteiger charge is 2.32. The van der Waals surface area contributed by atoms with Crippen molar-refractivity contribution in [1.29, 1.82) is 0 Å². The van der Waals surface area contributed by atoms with Gasteiger partial charge in [0.1, 0.15) is 5.01 Å². The summed E-state index contributed by atoms with van der Waals surface area (Å²) < 4.78 is 13.6. The van der Waals surface area contributed by atoms with Gasteiger partial charge < -0.3 is 25.0 Å². The Morgan fingerprint density at radius 2 is 1.73 bits per heavy atom. The van der Waals surface area contributed by atoms with Crippen molar-refractivity contribution in [3.05, 3.63) is 75.8 Å². The summed E-state index contributed by atoms with van der Waals surface area (Å²) in [5.74, 6) is -0.587. The number of aliphatic hydroxyl groups is 1. The van der Waals surface area contributed by atoms with Crippen molar-refractivity contribution in [1.82, 2.24) is 15.5 Å². The number of aliphatic hydroxyl groups excluding tert-OH is 1. The van der Waals surface area contributed by atoms with Crippen molar-refractivity contribution in [2.45, 2.75) is 62.2 Å². The first kappa shape index (κ1) is 27.2. The molecule has 1 saturated heterocycles. The molecule has 1 aromatic heterocycles. The van der Waals surface area contributed by atoms with E-state index in [0.717, 1.165) is 31.6 Å². The first-order valence-electron chi connectivity index (χ1n) is 11.9. The van der Waals surface area contributed by atoms with E-state index >= 15 is 0 Å². The maximum atomic E-state index is 11.8. The fourth-order valence-electron chi connectivity index (χ4n) is 3.83. The van der Waals surface area contributed by atoms with E-state index < -0.39 is 12.3 Å². The highest BCUT2D eigenvalue weighted by molar-refractivity contribution is 8.01. The Kier molecular flexibility index (Phi) is 9.64. The van der Waals surface area contributed by atoms with E-state index in [9.17, 15) is 14.7 Å². The first-order valence-corrected chi connectivity index (χ1v) is 13.7. The van der Waals surface area contributed by atoms with Crippen LogP contribution in [0.25, 0.3) is 0 Å². The molecule has 0 bridgehead atoms. The van der Waals surface area contributed by atoms with Crippen molar-refractivity contribution in [3.8, 4) is 0 Å². The molecule has 3 N–H and O–H groups in total. The Bertz CT molecular complexity index is 1190. The van der Waals surface area contributed by atoms with Crippen LogP contribution in [-0.4, -0.2) is 44.1 Å². The number of rotatable bonds is 11. The molecule has 1 aliphatic rings. The summed E-state index contributed by atoms with van der Waals surface area (Å²) in [6.45, 7) is 2.23. The molecule has 2 aromatic carbocycles. The molecular weight excluding hydrogens is 514 g/mol. The zero-order chi connectivity index (χ0) is 26.2. The molecule has 1 fully saturated rings. The molecule has 0 aliphatic carbocycles. The molecule has 1 amide bonds. The van der Waals surface area contributed by atoms with Crippen molar-refractivity contribution in [2.75, 3.05) is 5.75 Å². The third-order valence-electron chi connectivity index (χ3n) is 5.82.